The molecule has 0 unspecified atom stereocenters. The lowest BCUT2D eigenvalue weighted by atomic mass is 10.1. The van der Waals surface area contributed by atoms with Gasteiger partial charge >= 0.3 is 12.1 Å². The van der Waals surface area contributed by atoms with Crippen LogP contribution in [0, 0.1) is 0 Å². The molecule has 0 bridgehead atoms. The third kappa shape index (κ3) is 4.69. The fraction of sp³-hybridized carbons (Fsp3) is 0.529. The molecule has 1 aromatic rings. The van der Waals surface area contributed by atoms with E-state index < -0.39 is 6.09 Å². The molecule has 0 aromatic heterocycles. The largest absolute Gasteiger partial charge is 0.465 e. The average molecular weight is 320 g/mol. The lowest BCUT2D eigenvalue weighted by molar-refractivity contribution is -0.147. The summed E-state index contributed by atoms with van der Waals surface area (Å²) in [4.78, 5) is 26.8. The van der Waals surface area contributed by atoms with Crippen LogP contribution in [-0.4, -0.2) is 58.7 Å². The quantitative estimate of drug-likeness (QED) is 0.842. The molecule has 126 valence electrons. The second-order valence-corrected chi connectivity index (χ2v) is 5.92. The van der Waals surface area contributed by atoms with Gasteiger partial charge in [0.05, 0.1) is 6.54 Å². The number of hydrogen-bond acceptors (Lipinski definition) is 4. The SMILES string of the molecule is CC[C@H]1CN(C(=O)O)[C@H](C)CN1CC(=O)OCc1ccccc1. The summed E-state index contributed by atoms with van der Waals surface area (Å²) in [5, 5.41) is 9.22. The number of piperazine rings is 1. The molecule has 2 atom stereocenters. The van der Waals surface area contributed by atoms with Gasteiger partial charge in [-0.1, -0.05) is 37.3 Å². The number of amides is 1. The zero-order valence-electron chi connectivity index (χ0n) is 13.6. The minimum Gasteiger partial charge on any atom is -0.465 e. The molecule has 23 heavy (non-hydrogen) atoms. The fourth-order valence-corrected chi connectivity index (χ4v) is 2.91. The summed E-state index contributed by atoms with van der Waals surface area (Å²) in [6.45, 7) is 5.31. The minimum atomic E-state index is -0.901. The van der Waals surface area contributed by atoms with Crippen molar-refractivity contribution in [3.63, 3.8) is 0 Å². The van der Waals surface area contributed by atoms with Crippen LogP contribution in [0.4, 0.5) is 4.79 Å². The van der Waals surface area contributed by atoms with Gasteiger partial charge in [-0.15, -0.1) is 0 Å². The Kier molecular flexibility index (Phi) is 5.98. The third-order valence-corrected chi connectivity index (χ3v) is 4.25. The summed E-state index contributed by atoms with van der Waals surface area (Å²) < 4.78 is 5.32. The summed E-state index contributed by atoms with van der Waals surface area (Å²) in [6.07, 6.45) is -0.107. The summed E-state index contributed by atoms with van der Waals surface area (Å²) >= 11 is 0. The molecule has 1 aromatic carbocycles. The summed E-state index contributed by atoms with van der Waals surface area (Å²) in [5.41, 5.74) is 0.956. The number of esters is 1. The zero-order valence-corrected chi connectivity index (χ0v) is 13.6. The van der Waals surface area contributed by atoms with Crippen molar-refractivity contribution < 1.29 is 19.4 Å². The van der Waals surface area contributed by atoms with Crippen LogP contribution in [0.15, 0.2) is 30.3 Å². The van der Waals surface area contributed by atoms with Crippen LogP contribution in [0.2, 0.25) is 0 Å². The third-order valence-electron chi connectivity index (χ3n) is 4.25. The molecular formula is C17H24N2O4. The average Bonchev–Trinajstić information content (AvgIpc) is 2.54. The molecule has 1 heterocycles. The monoisotopic (exact) mass is 320 g/mol. The van der Waals surface area contributed by atoms with E-state index in [4.69, 9.17) is 4.74 Å². The van der Waals surface area contributed by atoms with Crippen molar-refractivity contribution in [2.24, 2.45) is 0 Å². The van der Waals surface area contributed by atoms with Crippen molar-refractivity contribution >= 4 is 12.1 Å². The highest BCUT2D eigenvalue weighted by molar-refractivity contribution is 5.72. The van der Waals surface area contributed by atoms with E-state index in [1.807, 2.05) is 49.1 Å². The Labute approximate surface area is 136 Å². The first-order valence-electron chi connectivity index (χ1n) is 7.94. The van der Waals surface area contributed by atoms with Crippen LogP contribution in [0.3, 0.4) is 0 Å². The van der Waals surface area contributed by atoms with Crippen molar-refractivity contribution in [1.82, 2.24) is 9.80 Å². The number of benzene rings is 1. The molecular weight excluding hydrogens is 296 g/mol. The lowest BCUT2D eigenvalue weighted by Gasteiger charge is -2.43. The van der Waals surface area contributed by atoms with Crippen LogP contribution in [0.25, 0.3) is 0 Å². The Hall–Kier alpha value is -2.08. The molecule has 6 heteroatoms. The van der Waals surface area contributed by atoms with Crippen molar-refractivity contribution in [2.75, 3.05) is 19.6 Å². The molecule has 1 saturated heterocycles. The molecule has 0 saturated carbocycles. The Balaban J connectivity index is 1.88. The van der Waals surface area contributed by atoms with Gasteiger partial charge in [0.15, 0.2) is 0 Å². The second kappa shape index (κ2) is 7.97. The molecule has 1 aliphatic heterocycles. The topological polar surface area (TPSA) is 70.1 Å². The van der Waals surface area contributed by atoms with Gasteiger partial charge < -0.3 is 14.7 Å². The van der Waals surface area contributed by atoms with Crippen molar-refractivity contribution in [2.45, 2.75) is 39.0 Å². The van der Waals surface area contributed by atoms with Gasteiger partial charge in [0.1, 0.15) is 6.61 Å². The van der Waals surface area contributed by atoms with Crippen LogP contribution in [-0.2, 0) is 16.1 Å². The number of hydrogen-bond donors (Lipinski definition) is 1. The van der Waals surface area contributed by atoms with E-state index in [0.29, 0.717) is 13.1 Å². The van der Waals surface area contributed by atoms with E-state index in [9.17, 15) is 14.7 Å². The van der Waals surface area contributed by atoms with Crippen LogP contribution < -0.4 is 0 Å². The van der Waals surface area contributed by atoms with E-state index in [1.165, 1.54) is 4.90 Å². The number of carbonyl (C=O) groups excluding carboxylic acids is 1. The maximum Gasteiger partial charge on any atom is 0.407 e. The van der Waals surface area contributed by atoms with Gasteiger partial charge in [-0.3, -0.25) is 9.69 Å². The number of carbonyl (C=O) groups is 2. The first-order valence-corrected chi connectivity index (χ1v) is 7.94. The van der Waals surface area contributed by atoms with Crippen molar-refractivity contribution in [1.29, 1.82) is 0 Å². The summed E-state index contributed by atoms with van der Waals surface area (Å²) in [6, 6.07) is 9.47. The highest BCUT2D eigenvalue weighted by atomic mass is 16.5. The molecule has 1 fully saturated rings. The molecule has 0 spiro atoms. The molecule has 1 aliphatic rings. The molecule has 1 amide bonds. The Morgan fingerprint density at radius 2 is 1.96 bits per heavy atom. The standard InChI is InChI=1S/C17H24N2O4/c1-3-15-10-19(17(21)22)13(2)9-18(15)11-16(20)23-12-14-7-5-4-6-8-14/h4-8,13,15H,3,9-12H2,1-2H3,(H,21,22)/t13-,15+/m1/s1. The highest BCUT2D eigenvalue weighted by Crippen LogP contribution is 2.18. The number of carboxylic acid groups (broad SMARTS) is 1. The molecule has 0 aliphatic carbocycles. The number of rotatable bonds is 5. The maximum atomic E-state index is 12.1. The van der Waals surface area contributed by atoms with E-state index in [1.54, 1.807) is 0 Å². The van der Waals surface area contributed by atoms with Gasteiger partial charge in [0.25, 0.3) is 0 Å². The fourth-order valence-electron chi connectivity index (χ4n) is 2.91. The molecule has 6 nitrogen and oxygen atoms in total. The van der Waals surface area contributed by atoms with Gasteiger partial charge in [-0.05, 0) is 18.9 Å². The first-order chi connectivity index (χ1) is 11.0. The van der Waals surface area contributed by atoms with E-state index in [2.05, 4.69) is 0 Å². The van der Waals surface area contributed by atoms with E-state index in [0.717, 1.165) is 12.0 Å². The second-order valence-electron chi connectivity index (χ2n) is 5.92. The lowest BCUT2D eigenvalue weighted by Crippen LogP contribution is -2.59. The number of nitrogens with zero attached hydrogens (tertiary/aromatic N) is 2. The zero-order chi connectivity index (χ0) is 16.8. The van der Waals surface area contributed by atoms with Crippen molar-refractivity contribution in [3.05, 3.63) is 35.9 Å². The Morgan fingerprint density at radius 3 is 2.57 bits per heavy atom. The first kappa shape index (κ1) is 17.3. The van der Waals surface area contributed by atoms with E-state index >= 15 is 0 Å². The predicted molar refractivity (Wildman–Crippen MR) is 86.1 cm³/mol. The van der Waals surface area contributed by atoms with Gasteiger partial charge in [0.2, 0.25) is 0 Å². The normalized spacial score (nSPS) is 21.9. The minimum absolute atomic E-state index is 0.0478. The molecule has 2 rings (SSSR count). The molecule has 1 N–H and O–H groups in total. The maximum absolute atomic E-state index is 12.1. The number of ether oxygens (including phenoxy) is 1. The summed E-state index contributed by atoms with van der Waals surface area (Å²) in [7, 11) is 0. The molecule has 0 radical (unpaired) electrons. The van der Waals surface area contributed by atoms with Gasteiger partial charge in [0, 0.05) is 25.2 Å². The van der Waals surface area contributed by atoms with Crippen LogP contribution >= 0.6 is 0 Å². The van der Waals surface area contributed by atoms with Gasteiger partial charge in [-0.25, -0.2) is 4.79 Å². The highest BCUT2D eigenvalue weighted by Gasteiger charge is 2.34. The van der Waals surface area contributed by atoms with Crippen molar-refractivity contribution in [3.8, 4) is 0 Å². The smallest absolute Gasteiger partial charge is 0.407 e. The van der Waals surface area contributed by atoms with Crippen LogP contribution in [0.1, 0.15) is 25.8 Å². The van der Waals surface area contributed by atoms with E-state index in [-0.39, 0.29) is 31.2 Å². The Bertz CT molecular complexity index is 535. The Morgan fingerprint density at radius 1 is 1.26 bits per heavy atom. The van der Waals surface area contributed by atoms with Crippen LogP contribution in [0.5, 0.6) is 0 Å². The van der Waals surface area contributed by atoms with Gasteiger partial charge in [-0.2, -0.15) is 0 Å². The predicted octanol–water partition coefficient (Wildman–Crippen LogP) is 2.19. The summed E-state index contributed by atoms with van der Waals surface area (Å²) in [5.74, 6) is -0.275.